The topological polar surface area (TPSA) is 44.7 Å². The molecule has 134 valence electrons. The summed E-state index contributed by atoms with van der Waals surface area (Å²) in [7, 11) is 0. The van der Waals surface area contributed by atoms with Gasteiger partial charge in [0.15, 0.2) is 0 Å². The van der Waals surface area contributed by atoms with Crippen LogP contribution in [0.4, 0.5) is 0 Å². The summed E-state index contributed by atoms with van der Waals surface area (Å²) in [6, 6.07) is 6.83. The third-order valence-corrected chi connectivity index (χ3v) is 5.07. The van der Waals surface area contributed by atoms with E-state index in [9.17, 15) is 4.79 Å². The van der Waals surface area contributed by atoms with E-state index in [4.69, 9.17) is 11.6 Å². The SMILES string of the molecule is CC1(C)CC(N2CCCCC2)=CC(=NNC(=O)c2ccc(Cl)cc2)C1. The largest absolute Gasteiger partial charge is 0.375 e. The van der Waals surface area contributed by atoms with Gasteiger partial charge in [-0.25, -0.2) is 5.43 Å². The molecule has 1 amide bonds. The van der Waals surface area contributed by atoms with Crippen LogP contribution in [-0.4, -0.2) is 29.6 Å². The lowest BCUT2D eigenvalue weighted by Gasteiger charge is -2.38. The van der Waals surface area contributed by atoms with Crippen molar-refractivity contribution >= 4 is 23.2 Å². The standard InChI is InChI=1S/C20H26ClN3O/c1-20(2)13-17(12-18(14-20)24-10-4-3-5-11-24)22-23-19(25)15-6-8-16(21)9-7-15/h6-9,12H,3-5,10-11,13-14H2,1-2H3,(H,23,25). The lowest BCUT2D eigenvalue weighted by molar-refractivity contribution is 0.0954. The molecule has 3 rings (SSSR count). The predicted molar refractivity (Wildman–Crippen MR) is 103 cm³/mol. The molecule has 0 spiro atoms. The Labute approximate surface area is 154 Å². The van der Waals surface area contributed by atoms with E-state index in [2.05, 4.69) is 35.4 Å². The Kier molecular flexibility index (Phi) is 5.48. The third kappa shape index (κ3) is 4.85. The van der Waals surface area contributed by atoms with Gasteiger partial charge in [0.1, 0.15) is 0 Å². The summed E-state index contributed by atoms with van der Waals surface area (Å²) in [5.74, 6) is -0.208. The summed E-state index contributed by atoms with van der Waals surface area (Å²) < 4.78 is 0. The lowest BCUT2D eigenvalue weighted by atomic mass is 9.78. The number of carbonyl (C=O) groups excluding carboxylic acids is 1. The Morgan fingerprint density at radius 3 is 2.48 bits per heavy atom. The molecule has 1 aromatic rings. The van der Waals surface area contributed by atoms with Gasteiger partial charge in [-0.05, 0) is 67.9 Å². The van der Waals surface area contributed by atoms with Crippen molar-refractivity contribution in [2.45, 2.75) is 46.0 Å². The molecular weight excluding hydrogens is 334 g/mol. The van der Waals surface area contributed by atoms with Crippen molar-refractivity contribution in [3.05, 3.63) is 46.6 Å². The van der Waals surface area contributed by atoms with Crippen molar-refractivity contribution in [2.24, 2.45) is 10.5 Å². The molecule has 0 saturated carbocycles. The van der Waals surface area contributed by atoms with Crippen molar-refractivity contribution in [1.82, 2.24) is 10.3 Å². The van der Waals surface area contributed by atoms with Crippen LogP contribution >= 0.6 is 11.6 Å². The molecule has 1 aliphatic carbocycles. The van der Waals surface area contributed by atoms with E-state index in [0.717, 1.165) is 31.6 Å². The van der Waals surface area contributed by atoms with Gasteiger partial charge in [-0.2, -0.15) is 5.10 Å². The first-order chi connectivity index (χ1) is 11.9. The molecule has 0 atom stereocenters. The van der Waals surface area contributed by atoms with E-state index in [1.165, 1.54) is 25.0 Å². The monoisotopic (exact) mass is 359 g/mol. The highest BCUT2D eigenvalue weighted by Crippen LogP contribution is 2.36. The van der Waals surface area contributed by atoms with Gasteiger partial charge < -0.3 is 4.90 Å². The van der Waals surface area contributed by atoms with E-state index < -0.39 is 0 Å². The number of rotatable bonds is 3. The maximum Gasteiger partial charge on any atom is 0.271 e. The van der Waals surface area contributed by atoms with Gasteiger partial charge in [-0.15, -0.1) is 0 Å². The van der Waals surface area contributed by atoms with Gasteiger partial charge in [0.25, 0.3) is 5.91 Å². The molecule has 0 bridgehead atoms. The molecule has 5 heteroatoms. The minimum atomic E-state index is -0.208. The first kappa shape index (κ1) is 18.0. The number of hydrazone groups is 1. The van der Waals surface area contributed by atoms with Crippen molar-refractivity contribution in [3.63, 3.8) is 0 Å². The summed E-state index contributed by atoms with van der Waals surface area (Å²) in [6.45, 7) is 6.79. The number of likely N-dealkylation sites (tertiary alicyclic amines) is 1. The normalized spacial score (nSPS) is 21.8. The molecule has 25 heavy (non-hydrogen) atoms. The maximum atomic E-state index is 12.3. The van der Waals surface area contributed by atoms with E-state index in [1.807, 2.05) is 0 Å². The molecule has 0 radical (unpaired) electrons. The predicted octanol–water partition coefficient (Wildman–Crippen LogP) is 4.62. The number of carbonyl (C=O) groups is 1. The summed E-state index contributed by atoms with van der Waals surface area (Å²) >= 11 is 5.86. The number of nitrogens with one attached hydrogen (secondary N) is 1. The molecule has 4 nitrogen and oxygen atoms in total. The molecular formula is C20H26ClN3O. The van der Waals surface area contributed by atoms with E-state index in [1.54, 1.807) is 24.3 Å². The molecule has 2 aliphatic rings. The Bertz CT molecular complexity index is 685. The number of piperidine rings is 1. The first-order valence-corrected chi connectivity index (χ1v) is 9.39. The zero-order chi connectivity index (χ0) is 17.9. The minimum absolute atomic E-state index is 0.158. The Hall–Kier alpha value is -1.81. The van der Waals surface area contributed by atoms with Gasteiger partial charge in [0.2, 0.25) is 0 Å². The number of hydrogen-bond acceptors (Lipinski definition) is 3. The van der Waals surface area contributed by atoms with Crippen LogP contribution in [0.2, 0.25) is 5.02 Å². The minimum Gasteiger partial charge on any atom is -0.375 e. The zero-order valence-corrected chi connectivity index (χ0v) is 15.8. The van der Waals surface area contributed by atoms with Gasteiger partial charge in [-0.1, -0.05) is 25.4 Å². The van der Waals surface area contributed by atoms with Crippen LogP contribution < -0.4 is 5.43 Å². The second-order valence-electron chi connectivity index (χ2n) is 7.75. The molecule has 0 aromatic heterocycles. The molecule has 0 unspecified atom stereocenters. The number of hydrogen-bond donors (Lipinski definition) is 1. The van der Waals surface area contributed by atoms with Crippen LogP contribution in [0.5, 0.6) is 0 Å². The van der Waals surface area contributed by atoms with E-state index in [0.29, 0.717) is 10.6 Å². The second-order valence-corrected chi connectivity index (χ2v) is 8.19. The average Bonchev–Trinajstić information content (AvgIpc) is 2.60. The summed E-state index contributed by atoms with van der Waals surface area (Å²) in [5.41, 5.74) is 5.71. The molecule has 1 aliphatic heterocycles. The van der Waals surface area contributed by atoms with Crippen LogP contribution in [0.1, 0.15) is 56.3 Å². The van der Waals surface area contributed by atoms with Crippen molar-refractivity contribution in [3.8, 4) is 0 Å². The van der Waals surface area contributed by atoms with E-state index >= 15 is 0 Å². The van der Waals surface area contributed by atoms with Crippen LogP contribution in [-0.2, 0) is 0 Å². The summed E-state index contributed by atoms with van der Waals surface area (Å²) in [6.07, 6.45) is 7.95. The number of nitrogens with zero attached hydrogens (tertiary/aromatic N) is 2. The van der Waals surface area contributed by atoms with Crippen LogP contribution in [0, 0.1) is 5.41 Å². The summed E-state index contributed by atoms with van der Waals surface area (Å²) in [5, 5.41) is 5.02. The number of allylic oxidation sites excluding steroid dienone is 2. The quantitative estimate of drug-likeness (QED) is 0.800. The maximum absolute atomic E-state index is 12.3. The van der Waals surface area contributed by atoms with Gasteiger partial charge in [-0.3, -0.25) is 4.79 Å². The highest BCUT2D eigenvalue weighted by molar-refractivity contribution is 6.30. The number of halogens is 1. The zero-order valence-electron chi connectivity index (χ0n) is 15.0. The van der Waals surface area contributed by atoms with Crippen LogP contribution in [0.25, 0.3) is 0 Å². The molecule has 1 N–H and O–H groups in total. The number of amides is 1. The molecule has 1 saturated heterocycles. The Balaban J connectivity index is 1.73. The smallest absolute Gasteiger partial charge is 0.271 e. The van der Waals surface area contributed by atoms with E-state index in [-0.39, 0.29) is 11.3 Å². The molecule has 1 heterocycles. The van der Waals surface area contributed by atoms with Gasteiger partial charge in [0, 0.05) is 29.4 Å². The van der Waals surface area contributed by atoms with Crippen LogP contribution in [0.3, 0.4) is 0 Å². The molecule has 1 fully saturated rings. The fourth-order valence-corrected chi connectivity index (χ4v) is 3.71. The van der Waals surface area contributed by atoms with Crippen LogP contribution in [0.15, 0.2) is 41.1 Å². The Morgan fingerprint density at radius 2 is 1.80 bits per heavy atom. The second kappa shape index (κ2) is 7.61. The Morgan fingerprint density at radius 1 is 1.12 bits per heavy atom. The molecule has 1 aromatic carbocycles. The van der Waals surface area contributed by atoms with Gasteiger partial charge >= 0.3 is 0 Å². The number of benzene rings is 1. The third-order valence-electron chi connectivity index (χ3n) is 4.82. The summed E-state index contributed by atoms with van der Waals surface area (Å²) in [4.78, 5) is 14.7. The van der Waals surface area contributed by atoms with Crippen molar-refractivity contribution in [1.29, 1.82) is 0 Å². The van der Waals surface area contributed by atoms with Gasteiger partial charge in [0.05, 0.1) is 5.71 Å². The highest BCUT2D eigenvalue weighted by atomic mass is 35.5. The van der Waals surface area contributed by atoms with Crippen molar-refractivity contribution < 1.29 is 4.79 Å². The first-order valence-electron chi connectivity index (χ1n) is 9.01. The average molecular weight is 360 g/mol. The lowest BCUT2D eigenvalue weighted by Crippen LogP contribution is -2.35. The fraction of sp³-hybridized carbons (Fsp3) is 0.500. The van der Waals surface area contributed by atoms with Crippen molar-refractivity contribution in [2.75, 3.05) is 13.1 Å². The highest BCUT2D eigenvalue weighted by Gasteiger charge is 2.29. The fourth-order valence-electron chi connectivity index (χ4n) is 3.58.